The number of rotatable bonds is 9. The molecule has 132 valence electrons. The fraction of sp³-hybridized carbons (Fsp3) is 0.316. The van der Waals surface area contributed by atoms with Gasteiger partial charge in [0, 0.05) is 27.4 Å². The molecular weight excluding hydrogens is 334 g/mol. The second-order valence-corrected chi connectivity index (χ2v) is 8.55. The minimum atomic E-state index is -2.52. The summed E-state index contributed by atoms with van der Waals surface area (Å²) in [6, 6.07) is 18.3. The summed E-state index contributed by atoms with van der Waals surface area (Å²) in [7, 11) is 2.32. The minimum absolute atomic E-state index is 0.570. The lowest BCUT2D eigenvalue weighted by Gasteiger charge is -2.24. The van der Waals surface area contributed by atoms with Crippen molar-refractivity contribution in [3.05, 3.63) is 54.1 Å². The predicted molar refractivity (Wildman–Crippen MR) is 98.3 cm³/mol. The molecule has 0 aliphatic heterocycles. The molecule has 0 aliphatic carbocycles. The molecular formula is C19H23NO4Si. The topological polar surface area (TPSA) is 60.7 Å². The van der Waals surface area contributed by atoms with E-state index in [9.17, 15) is 0 Å². The maximum atomic E-state index is 8.85. The Kier molecular flexibility index (Phi) is 7.16. The summed E-state index contributed by atoms with van der Waals surface area (Å²) in [6.45, 7) is 0.570. The van der Waals surface area contributed by atoms with Gasteiger partial charge in [-0.2, -0.15) is 5.26 Å². The lowest BCUT2D eigenvalue weighted by atomic mass is 10.0. The van der Waals surface area contributed by atoms with Crippen molar-refractivity contribution < 1.29 is 18.0 Å². The van der Waals surface area contributed by atoms with Gasteiger partial charge in [0.05, 0.1) is 18.2 Å². The summed E-state index contributed by atoms with van der Waals surface area (Å²) in [6.07, 6.45) is 0.791. The number of hydrogen-bond donors (Lipinski definition) is 0. The summed E-state index contributed by atoms with van der Waals surface area (Å²) in [4.78, 5) is 0. The summed E-state index contributed by atoms with van der Waals surface area (Å²) in [5.41, 5.74) is 2.81. The van der Waals surface area contributed by atoms with Crippen LogP contribution in [0.1, 0.15) is 12.0 Å². The van der Waals surface area contributed by atoms with Crippen molar-refractivity contribution in [3.63, 3.8) is 0 Å². The molecule has 0 spiro atoms. The van der Waals surface area contributed by atoms with Crippen molar-refractivity contribution in [2.75, 3.05) is 27.9 Å². The van der Waals surface area contributed by atoms with E-state index in [1.807, 2.05) is 48.5 Å². The van der Waals surface area contributed by atoms with E-state index in [-0.39, 0.29) is 0 Å². The average molecular weight is 357 g/mol. The fourth-order valence-electron chi connectivity index (χ4n) is 2.52. The van der Waals surface area contributed by atoms with Gasteiger partial charge >= 0.3 is 8.80 Å². The monoisotopic (exact) mass is 357 g/mol. The molecule has 2 aromatic carbocycles. The zero-order valence-corrected chi connectivity index (χ0v) is 15.8. The van der Waals surface area contributed by atoms with Crippen LogP contribution in [0.3, 0.4) is 0 Å². The highest BCUT2D eigenvalue weighted by Gasteiger charge is 2.36. The predicted octanol–water partition coefficient (Wildman–Crippen LogP) is 3.87. The maximum Gasteiger partial charge on any atom is 0.500 e. The molecule has 6 heteroatoms. The molecule has 0 fully saturated rings. The highest BCUT2D eigenvalue weighted by Crippen LogP contribution is 2.23. The summed E-state index contributed by atoms with van der Waals surface area (Å²) in [5.74, 6) is 0.817. The van der Waals surface area contributed by atoms with E-state index in [0.717, 1.165) is 23.3 Å². The van der Waals surface area contributed by atoms with E-state index in [4.69, 9.17) is 23.3 Å². The van der Waals surface area contributed by atoms with Crippen molar-refractivity contribution in [2.24, 2.45) is 0 Å². The third-order valence-electron chi connectivity index (χ3n) is 4.03. The molecule has 25 heavy (non-hydrogen) atoms. The Bertz CT molecular complexity index is 683. The second kappa shape index (κ2) is 9.35. The van der Waals surface area contributed by atoms with Gasteiger partial charge < -0.3 is 18.0 Å². The number of nitrogens with zero attached hydrogens (tertiary/aromatic N) is 1. The van der Waals surface area contributed by atoms with Crippen LogP contribution >= 0.6 is 0 Å². The maximum absolute atomic E-state index is 8.85. The van der Waals surface area contributed by atoms with Crippen molar-refractivity contribution in [3.8, 4) is 22.9 Å². The molecule has 0 amide bonds. The van der Waals surface area contributed by atoms with Gasteiger partial charge in [-0.3, -0.25) is 0 Å². The van der Waals surface area contributed by atoms with Crippen LogP contribution in [-0.2, 0) is 13.3 Å². The molecule has 2 aromatic rings. The highest BCUT2D eigenvalue weighted by atomic mass is 28.4. The molecule has 0 bridgehead atoms. The zero-order valence-electron chi connectivity index (χ0n) is 14.8. The minimum Gasteiger partial charge on any atom is -0.494 e. The normalized spacial score (nSPS) is 11.1. The third kappa shape index (κ3) is 5.15. The summed E-state index contributed by atoms with van der Waals surface area (Å²) >= 11 is 0. The van der Waals surface area contributed by atoms with E-state index in [1.54, 1.807) is 21.3 Å². The van der Waals surface area contributed by atoms with Gasteiger partial charge in [-0.15, -0.1) is 0 Å². The standard InChI is InChI=1S/C19H23NO4Si/c1-21-25(22-2,23-3)14-4-13-24-19-11-9-18(10-12-19)17-7-5-16(15-20)6-8-17/h5-12H,4,13-14H2,1-3H3. The van der Waals surface area contributed by atoms with E-state index >= 15 is 0 Å². The Morgan fingerprint density at radius 3 is 1.84 bits per heavy atom. The van der Waals surface area contributed by atoms with Crippen LogP contribution in [0.4, 0.5) is 0 Å². The van der Waals surface area contributed by atoms with Crippen LogP contribution in [0, 0.1) is 11.3 Å². The van der Waals surface area contributed by atoms with Gasteiger partial charge in [0.25, 0.3) is 0 Å². The molecule has 0 N–H and O–H groups in total. The zero-order chi connectivity index (χ0) is 18.1. The smallest absolute Gasteiger partial charge is 0.494 e. The van der Waals surface area contributed by atoms with E-state index in [2.05, 4.69) is 6.07 Å². The van der Waals surface area contributed by atoms with Crippen LogP contribution < -0.4 is 4.74 Å². The number of hydrogen-bond acceptors (Lipinski definition) is 5. The molecule has 0 heterocycles. The molecule has 0 aromatic heterocycles. The summed E-state index contributed by atoms with van der Waals surface area (Å²) in [5, 5.41) is 8.85. The number of nitriles is 1. The lowest BCUT2D eigenvalue weighted by molar-refractivity contribution is 0.121. The first kappa shape index (κ1) is 19.2. The Labute approximate surface area is 150 Å². The van der Waals surface area contributed by atoms with Gasteiger partial charge in [0.15, 0.2) is 0 Å². The molecule has 2 rings (SSSR count). The van der Waals surface area contributed by atoms with Crippen LogP contribution in [-0.4, -0.2) is 36.7 Å². The van der Waals surface area contributed by atoms with Crippen molar-refractivity contribution in [1.29, 1.82) is 5.26 Å². The van der Waals surface area contributed by atoms with Gasteiger partial charge in [-0.05, 0) is 41.8 Å². The van der Waals surface area contributed by atoms with Crippen molar-refractivity contribution in [2.45, 2.75) is 12.5 Å². The van der Waals surface area contributed by atoms with Crippen molar-refractivity contribution in [1.82, 2.24) is 0 Å². The van der Waals surface area contributed by atoms with Gasteiger partial charge in [-0.1, -0.05) is 24.3 Å². The van der Waals surface area contributed by atoms with Crippen LogP contribution in [0.25, 0.3) is 11.1 Å². The molecule has 0 radical (unpaired) electrons. The number of ether oxygens (including phenoxy) is 1. The number of benzene rings is 2. The molecule has 0 aliphatic rings. The van der Waals surface area contributed by atoms with Crippen molar-refractivity contribution >= 4 is 8.80 Å². The SMILES string of the molecule is CO[Si](CCCOc1ccc(-c2ccc(C#N)cc2)cc1)(OC)OC. The fourth-order valence-corrected chi connectivity index (χ4v) is 4.21. The quantitative estimate of drug-likeness (QED) is 0.503. The van der Waals surface area contributed by atoms with Gasteiger partial charge in [-0.25, -0.2) is 0 Å². The third-order valence-corrected chi connectivity index (χ3v) is 6.86. The van der Waals surface area contributed by atoms with E-state index < -0.39 is 8.80 Å². The van der Waals surface area contributed by atoms with E-state index in [0.29, 0.717) is 18.2 Å². The first-order valence-corrected chi connectivity index (χ1v) is 9.98. The van der Waals surface area contributed by atoms with Gasteiger partial charge in [0.2, 0.25) is 0 Å². The molecule has 0 atom stereocenters. The largest absolute Gasteiger partial charge is 0.500 e. The lowest BCUT2D eigenvalue weighted by Crippen LogP contribution is -2.42. The highest BCUT2D eigenvalue weighted by molar-refractivity contribution is 6.60. The Balaban J connectivity index is 1.87. The van der Waals surface area contributed by atoms with Gasteiger partial charge in [0.1, 0.15) is 5.75 Å². The first-order valence-electron chi connectivity index (χ1n) is 8.05. The molecule has 0 unspecified atom stereocenters. The Morgan fingerprint density at radius 2 is 1.36 bits per heavy atom. The molecule has 0 saturated heterocycles. The van der Waals surface area contributed by atoms with Crippen LogP contribution in [0.5, 0.6) is 5.75 Å². The first-order chi connectivity index (χ1) is 12.2. The molecule has 0 saturated carbocycles. The van der Waals surface area contributed by atoms with Crippen LogP contribution in [0.15, 0.2) is 48.5 Å². The Hall–Kier alpha value is -2.17. The van der Waals surface area contributed by atoms with E-state index in [1.165, 1.54) is 0 Å². The van der Waals surface area contributed by atoms with Crippen LogP contribution in [0.2, 0.25) is 6.04 Å². The summed E-state index contributed by atoms with van der Waals surface area (Å²) < 4.78 is 21.9. The Morgan fingerprint density at radius 1 is 0.840 bits per heavy atom. The second-order valence-electron chi connectivity index (χ2n) is 5.46. The molecule has 5 nitrogen and oxygen atoms in total. The average Bonchev–Trinajstić information content (AvgIpc) is 2.69.